The third-order valence-corrected chi connectivity index (χ3v) is 5.48. The van der Waals surface area contributed by atoms with E-state index in [0.29, 0.717) is 17.5 Å². The second kappa shape index (κ2) is 9.62. The molecular formula is C21H25N5O3S. The van der Waals surface area contributed by atoms with Gasteiger partial charge >= 0.3 is 0 Å². The highest BCUT2D eigenvalue weighted by Crippen LogP contribution is 2.27. The molecule has 2 aromatic heterocycles. The SMILES string of the molecule is Cc1ccccc1-c1nnc(SCC(=O)NC(C)C(=O)N(C)C)n1Cc1ccco1. The van der Waals surface area contributed by atoms with Crippen LogP contribution in [-0.2, 0) is 16.1 Å². The van der Waals surface area contributed by atoms with Gasteiger partial charge in [-0.2, -0.15) is 0 Å². The minimum absolute atomic E-state index is 0.120. The molecule has 0 bridgehead atoms. The maximum absolute atomic E-state index is 12.3. The van der Waals surface area contributed by atoms with E-state index in [-0.39, 0.29) is 17.6 Å². The number of rotatable bonds is 8. The van der Waals surface area contributed by atoms with Gasteiger partial charge < -0.3 is 14.6 Å². The molecule has 0 saturated carbocycles. The van der Waals surface area contributed by atoms with E-state index in [9.17, 15) is 9.59 Å². The largest absolute Gasteiger partial charge is 0.467 e. The van der Waals surface area contributed by atoms with Gasteiger partial charge in [0.2, 0.25) is 11.8 Å². The van der Waals surface area contributed by atoms with Gasteiger partial charge in [-0.3, -0.25) is 14.2 Å². The van der Waals surface area contributed by atoms with Crippen molar-refractivity contribution in [3.8, 4) is 11.4 Å². The fourth-order valence-corrected chi connectivity index (χ4v) is 3.73. The fourth-order valence-electron chi connectivity index (χ4n) is 2.98. The van der Waals surface area contributed by atoms with Crippen LogP contribution < -0.4 is 5.32 Å². The normalized spacial score (nSPS) is 11.9. The Morgan fingerprint density at radius 3 is 2.63 bits per heavy atom. The number of thioether (sulfide) groups is 1. The Bertz CT molecular complexity index is 1010. The predicted molar refractivity (Wildman–Crippen MR) is 115 cm³/mol. The summed E-state index contributed by atoms with van der Waals surface area (Å²) >= 11 is 1.27. The molecule has 3 rings (SSSR count). The number of benzene rings is 1. The summed E-state index contributed by atoms with van der Waals surface area (Å²) in [5.41, 5.74) is 2.05. The van der Waals surface area contributed by atoms with Gasteiger partial charge in [-0.1, -0.05) is 36.0 Å². The average molecular weight is 428 g/mol. The van der Waals surface area contributed by atoms with Crippen molar-refractivity contribution in [3.63, 3.8) is 0 Å². The van der Waals surface area contributed by atoms with E-state index in [1.165, 1.54) is 16.7 Å². The molecule has 3 aromatic rings. The van der Waals surface area contributed by atoms with E-state index in [0.717, 1.165) is 16.9 Å². The first-order valence-electron chi connectivity index (χ1n) is 9.51. The van der Waals surface area contributed by atoms with Crippen LogP contribution >= 0.6 is 11.8 Å². The summed E-state index contributed by atoms with van der Waals surface area (Å²) in [6.45, 7) is 4.13. The lowest BCUT2D eigenvalue weighted by Gasteiger charge is -2.17. The van der Waals surface area contributed by atoms with E-state index >= 15 is 0 Å². The molecule has 0 aliphatic carbocycles. The molecule has 1 unspecified atom stereocenters. The van der Waals surface area contributed by atoms with Gasteiger partial charge in [0.05, 0.1) is 18.6 Å². The van der Waals surface area contributed by atoms with Crippen LogP contribution in [-0.4, -0.2) is 57.4 Å². The molecule has 0 aliphatic heterocycles. The maximum Gasteiger partial charge on any atom is 0.244 e. The van der Waals surface area contributed by atoms with Gasteiger partial charge in [0.1, 0.15) is 11.8 Å². The summed E-state index contributed by atoms with van der Waals surface area (Å²) in [5.74, 6) is 1.20. The Kier molecular flexibility index (Phi) is 6.94. The molecule has 0 fully saturated rings. The first kappa shape index (κ1) is 21.6. The number of aromatic nitrogens is 3. The van der Waals surface area contributed by atoms with Crippen molar-refractivity contribution in [2.24, 2.45) is 0 Å². The molecule has 0 aliphatic rings. The Morgan fingerprint density at radius 1 is 1.20 bits per heavy atom. The van der Waals surface area contributed by atoms with Crippen molar-refractivity contribution >= 4 is 23.6 Å². The van der Waals surface area contributed by atoms with Crippen LogP contribution in [0.3, 0.4) is 0 Å². The number of nitrogens with zero attached hydrogens (tertiary/aromatic N) is 4. The van der Waals surface area contributed by atoms with Crippen molar-refractivity contribution in [2.75, 3.05) is 19.8 Å². The number of hydrogen-bond acceptors (Lipinski definition) is 6. The van der Waals surface area contributed by atoms with Crippen LogP contribution in [0.2, 0.25) is 0 Å². The zero-order valence-electron chi connectivity index (χ0n) is 17.5. The summed E-state index contributed by atoms with van der Waals surface area (Å²) in [6, 6.07) is 11.1. The van der Waals surface area contributed by atoms with Crippen LogP contribution in [0.5, 0.6) is 0 Å². The first-order chi connectivity index (χ1) is 14.4. The standard InChI is InChI=1S/C21H25N5O3S/c1-14-8-5-6-10-17(14)19-23-24-21(26(19)12-16-9-7-11-29-16)30-13-18(27)22-15(2)20(28)25(3)4/h5-11,15H,12-13H2,1-4H3,(H,22,27). The van der Waals surface area contributed by atoms with E-state index in [4.69, 9.17) is 4.42 Å². The molecule has 30 heavy (non-hydrogen) atoms. The number of hydrogen-bond donors (Lipinski definition) is 1. The molecule has 2 amide bonds. The van der Waals surface area contributed by atoms with Gasteiger partial charge in [0, 0.05) is 19.7 Å². The topological polar surface area (TPSA) is 93.3 Å². The van der Waals surface area contributed by atoms with E-state index in [1.807, 2.05) is 47.9 Å². The Labute approximate surface area is 179 Å². The molecule has 9 heteroatoms. The van der Waals surface area contributed by atoms with Gasteiger partial charge in [0.25, 0.3) is 0 Å². The summed E-state index contributed by atoms with van der Waals surface area (Å²) in [6.07, 6.45) is 1.62. The molecule has 1 atom stereocenters. The van der Waals surface area contributed by atoms with Gasteiger partial charge in [-0.25, -0.2) is 0 Å². The van der Waals surface area contributed by atoms with E-state index < -0.39 is 6.04 Å². The molecule has 158 valence electrons. The van der Waals surface area contributed by atoms with Crippen molar-refractivity contribution in [1.82, 2.24) is 25.0 Å². The second-order valence-corrected chi connectivity index (χ2v) is 8.04. The third-order valence-electron chi connectivity index (χ3n) is 4.52. The summed E-state index contributed by atoms with van der Waals surface area (Å²) in [7, 11) is 3.31. The minimum Gasteiger partial charge on any atom is -0.467 e. The van der Waals surface area contributed by atoms with Crippen LogP contribution in [0.25, 0.3) is 11.4 Å². The van der Waals surface area contributed by atoms with Crippen LogP contribution in [0.15, 0.2) is 52.2 Å². The lowest BCUT2D eigenvalue weighted by Crippen LogP contribution is -2.44. The number of carbonyl (C=O) groups is 2. The maximum atomic E-state index is 12.3. The number of amides is 2. The highest BCUT2D eigenvalue weighted by atomic mass is 32.2. The molecular weight excluding hydrogens is 402 g/mol. The Hall–Kier alpha value is -3.07. The second-order valence-electron chi connectivity index (χ2n) is 7.10. The van der Waals surface area contributed by atoms with Crippen molar-refractivity contribution in [2.45, 2.75) is 31.6 Å². The van der Waals surface area contributed by atoms with Crippen LogP contribution in [0, 0.1) is 6.92 Å². The summed E-state index contributed by atoms with van der Waals surface area (Å²) < 4.78 is 7.44. The number of aryl methyl sites for hydroxylation is 1. The highest BCUT2D eigenvalue weighted by Gasteiger charge is 2.20. The lowest BCUT2D eigenvalue weighted by molar-refractivity contribution is -0.133. The third kappa shape index (κ3) is 5.10. The Morgan fingerprint density at radius 2 is 1.97 bits per heavy atom. The Balaban J connectivity index is 1.78. The van der Waals surface area contributed by atoms with Crippen molar-refractivity contribution < 1.29 is 14.0 Å². The quantitative estimate of drug-likeness (QED) is 0.556. The van der Waals surface area contributed by atoms with Crippen LogP contribution in [0.4, 0.5) is 0 Å². The molecule has 0 spiro atoms. The first-order valence-corrected chi connectivity index (χ1v) is 10.5. The number of likely N-dealkylation sites (N-methyl/N-ethyl adjacent to an activating group) is 1. The molecule has 1 N–H and O–H groups in total. The molecule has 8 nitrogen and oxygen atoms in total. The highest BCUT2D eigenvalue weighted by molar-refractivity contribution is 7.99. The minimum atomic E-state index is -0.586. The lowest BCUT2D eigenvalue weighted by atomic mass is 10.1. The zero-order valence-corrected chi connectivity index (χ0v) is 18.3. The smallest absolute Gasteiger partial charge is 0.244 e. The van der Waals surface area contributed by atoms with Gasteiger partial charge in [-0.05, 0) is 31.5 Å². The molecule has 2 heterocycles. The monoisotopic (exact) mass is 427 g/mol. The molecule has 0 saturated heterocycles. The van der Waals surface area contributed by atoms with Crippen LogP contribution in [0.1, 0.15) is 18.2 Å². The van der Waals surface area contributed by atoms with Crippen molar-refractivity contribution in [1.29, 1.82) is 0 Å². The summed E-state index contributed by atoms with van der Waals surface area (Å²) in [4.78, 5) is 25.7. The van der Waals surface area contributed by atoms with Gasteiger partial charge in [-0.15, -0.1) is 10.2 Å². The number of carbonyl (C=O) groups excluding carboxylic acids is 2. The van der Waals surface area contributed by atoms with E-state index in [1.54, 1.807) is 27.3 Å². The van der Waals surface area contributed by atoms with E-state index in [2.05, 4.69) is 15.5 Å². The molecule has 0 radical (unpaired) electrons. The average Bonchev–Trinajstić information content (AvgIpc) is 3.36. The predicted octanol–water partition coefficient (Wildman–Crippen LogP) is 2.58. The molecule has 1 aromatic carbocycles. The zero-order chi connectivity index (χ0) is 21.7. The summed E-state index contributed by atoms with van der Waals surface area (Å²) in [5, 5.41) is 12.0. The van der Waals surface area contributed by atoms with Gasteiger partial charge in [0.15, 0.2) is 11.0 Å². The van der Waals surface area contributed by atoms with Crippen molar-refractivity contribution in [3.05, 3.63) is 54.0 Å². The number of nitrogens with one attached hydrogen (secondary N) is 1. The fraction of sp³-hybridized carbons (Fsp3) is 0.333. The number of furan rings is 1.